The highest BCUT2D eigenvalue weighted by atomic mass is 19.1. The summed E-state index contributed by atoms with van der Waals surface area (Å²) in [5, 5.41) is 6.44. The van der Waals surface area contributed by atoms with Crippen LogP contribution < -0.4 is 10.6 Å². The van der Waals surface area contributed by atoms with Crippen molar-refractivity contribution in [3.05, 3.63) is 71.0 Å². The average Bonchev–Trinajstić information content (AvgIpc) is 2.74. The Morgan fingerprint density at radius 3 is 2.31 bits per heavy atom. The molecule has 0 fully saturated rings. The highest BCUT2D eigenvalue weighted by molar-refractivity contribution is 5.94. The molecule has 0 unspecified atom stereocenters. The van der Waals surface area contributed by atoms with Gasteiger partial charge in [0, 0.05) is 31.7 Å². The Balaban J connectivity index is 1.93. The van der Waals surface area contributed by atoms with Gasteiger partial charge in [-0.2, -0.15) is 0 Å². The number of nitrogens with zero attached hydrogens (tertiary/aromatic N) is 2. The number of halogens is 1. The summed E-state index contributed by atoms with van der Waals surface area (Å²) in [7, 11) is 0. The van der Waals surface area contributed by atoms with Crippen LogP contribution >= 0.6 is 0 Å². The van der Waals surface area contributed by atoms with Crippen molar-refractivity contribution in [2.24, 2.45) is 4.99 Å². The smallest absolute Gasteiger partial charge is 0.253 e. The fraction of sp³-hybridized carbons (Fsp3) is 0.391. The van der Waals surface area contributed by atoms with Crippen LogP contribution in [0, 0.1) is 5.82 Å². The molecule has 29 heavy (non-hydrogen) atoms. The topological polar surface area (TPSA) is 56.7 Å². The lowest BCUT2D eigenvalue weighted by molar-refractivity contribution is 0.0773. The number of nitrogens with one attached hydrogen (secondary N) is 2. The first kappa shape index (κ1) is 22.4. The maximum atomic E-state index is 13.7. The first-order valence-electron chi connectivity index (χ1n) is 10.2. The van der Waals surface area contributed by atoms with Crippen molar-refractivity contribution >= 4 is 11.9 Å². The molecule has 5 nitrogen and oxygen atoms in total. The lowest BCUT2D eigenvalue weighted by Gasteiger charge is -2.18. The molecule has 0 aliphatic carbocycles. The van der Waals surface area contributed by atoms with E-state index in [2.05, 4.69) is 15.6 Å². The molecule has 0 spiro atoms. The number of rotatable bonds is 9. The lowest BCUT2D eigenvalue weighted by Crippen LogP contribution is -2.38. The molecular formula is C23H31FN4O. The summed E-state index contributed by atoms with van der Waals surface area (Å²) in [4.78, 5) is 18.8. The number of hydrogen-bond donors (Lipinski definition) is 2. The highest BCUT2D eigenvalue weighted by Gasteiger charge is 2.11. The third kappa shape index (κ3) is 6.89. The zero-order chi connectivity index (χ0) is 21.1. The number of amides is 1. The minimum absolute atomic E-state index is 0.0493. The molecule has 0 saturated carbocycles. The standard InChI is InChI=1S/C23H31FN4O/c1-4-25-23(26-16-15-19-9-7-8-10-21(19)24)27-17-18-11-13-20(14-12-18)22(29)28(5-2)6-3/h7-14H,4-6,15-17H2,1-3H3,(H2,25,26,27). The van der Waals surface area contributed by atoms with Crippen molar-refractivity contribution in [1.82, 2.24) is 15.5 Å². The van der Waals surface area contributed by atoms with E-state index in [0.717, 1.165) is 12.1 Å². The van der Waals surface area contributed by atoms with Gasteiger partial charge in [-0.15, -0.1) is 0 Å². The first-order valence-corrected chi connectivity index (χ1v) is 10.2. The molecule has 0 radical (unpaired) electrons. The van der Waals surface area contributed by atoms with Crippen LogP contribution in [-0.4, -0.2) is 42.9 Å². The molecular weight excluding hydrogens is 367 g/mol. The van der Waals surface area contributed by atoms with E-state index >= 15 is 0 Å². The minimum Gasteiger partial charge on any atom is -0.357 e. The Morgan fingerprint density at radius 1 is 1.00 bits per heavy atom. The Kier molecular flexibility index (Phi) is 9.15. The van der Waals surface area contributed by atoms with E-state index in [1.165, 1.54) is 6.07 Å². The van der Waals surface area contributed by atoms with Gasteiger partial charge in [0.2, 0.25) is 0 Å². The summed E-state index contributed by atoms with van der Waals surface area (Å²) < 4.78 is 13.7. The normalized spacial score (nSPS) is 11.2. The van der Waals surface area contributed by atoms with Gasteiger partial charge in [-0.3, -0.25) is 4.79 Å². The van der Waals surface area contributed by atoms with Gasteiger partial charge in [-0.25, -0.2) is 9.38 Å². The van der Waals surface area contributed by atoms with Crippen molar-refractivity contribution in [2.45, 2.75) is 33.7 Å². The van der Waals surface area contributed by atoms with E-state index in [-0.39, 0.29) is 11.7 Å². The van der Waals surface area contributed by atoms with Gasteiger partial charge in [-0.05, 0) is 56.5 Å². The van der Waals surface area contributed by atoms with Crippen molar-refractivity contribution in [3.63, 3.8) is 0 Å². The summed E-state index contributed by atoms with van der Waals surface area (Å²) in [5.41, 5.74) is 2.40. The SMILES string of the molecule is CCNC(=NCc1ccc(C(=O)N(CC)CC)cc1)NCCc1ccccc1F. The molecule has 6 heteroatoms. The van der Waals surface area contributed by atoms with E-state index in [0.29, 0.717) is 49.7 Å². The predicted molar refractivity (Wildman–Crippen MR) is 117 cm³/mol. The Labute approximate surface area is 173 Å². The van der Waals surface area contributed by atoms with Gasteiger partial charge in [0.1, 0.15) is 5.82 Å². The Hall–Kier alpha value is -2.89. The highest BCUT2D eigenvalue weighted by Crippen LogP contribution is 2.09. The molecule has 0 heterocycles. The second-order valence-electron chi connectivity index (χ2n) is 6.64. The number of carbonyl (C=O) groups excluding carboxylic acids is 1. The van der Waals surface area contributed by atoms with Crippen molar-refractivity contribution in [1.29, 1.82) is 0 Å². The van der Waals surface area contributed by atoms with Crippen LogP contribution in [0.25, 0.3) is 0 Å². The number of hydrogen-bond acceptors (Lipinski definition) is 2. The van der Waals surface area contributed by atoms with Crippen molar-refractivity contribution in [2.75, 3.05) is 26.2 Å². The quantitative estimate of drug-likeness (QED) is 0.501. The lowest BCUT2D eigenvalue weighted by atomic mass is 10.1. The van der Waals surface area contributed by atoms with E-state index in [4.69, 9.17) is 0 Å². The molecule has 156 valence electrons. The second kappa shape index (κ2) is 11.8. The fourth-order valence-corrected chi connectivity index (χ4v) is 2.97. The molecule has 2 aromatic carbocycles. The molecule has 0 aromatic heterocycles. The number of aliphatic imine (C=N–C) groups is 1. The zero-order valence-electron chi connectivity index (χ0n) is 17.5. The fourth-order valence-electron chi connectivity index (χ4n) is 2.97. The molecule has 0 bridgehead atoms. The molecule has 0 saturated heterocycles. The molecule has 0 aliphatic rings. The number of benzene rings is 2. The third-order valence-corrected chi connectivity index (χ3v) is 4.66. The summed E-state index contributed by atoms with van der Waals surface area (Å²) in [6.07, 6.45) is 0.583. The molecule has 2 rings (SSSR count). The van der Waals surface area contributed by atoms with E-state index in [1.807, 2.05) is 51.1 Å². The van der Waals surface area contributed by atoms with E-state index in [1.54, 1.807) is 17.0 Å². The summed E-state index contributed by atoms with van der Waals surface area (Å²) in [6, 6.07) is 14.4. The minimum atomic E-state index is -0.185. The molecule has 0 atom stereocenters. The van der Waals surface area contributed by atoms with Crippen LogP contribution in [-0.2, 0) is 13.0 Å². The third-order valence-electron chi connectivity index (χ3n) is 4.66. The van der Waals surface area contributed by atoms with Gasteiger partial charge in [0.25, 0.3) is 5.91 Å². The van der Waals surface area contributed by atoms with E-state index in [9.17, 15) is 9.18 Å². The van der Waals surface area contributed by atoms with E-state index < -0.39 is 0 Å². The summed E-state index contributed by atoms with van der Waals surface area (Å²) >= 11 is 0. The van der Waals surface area contributed by atoms with Crippen LogP contribution in [0.2, 0.25) is 0 Å². The summed E-state index contributed by atoms with van der Waals surface area (Å²) in [6.45, 7) is 9.18. The molecule has 2 aromatic rings. The zero-order valence-corrected chi connectivity index (χ0v) is 17.5. The van der Waals surface area contributed by atoms with Gasteiger partial charge < -0.3 is 15.5 Å². The molecule has 2 N–H and O–H groups in total. The first-order chi connectivity index (χ1) is 14.1. The number of carbonyl (C=O) groups is 1. The Bertz CT molecular complexity index is 801. The number of guanidine groups is 1. The predicted octanol–water partition coefficient (Wildman–Crippen LogP) is 3.61. The van der Waals surface area contributed by atoms with Gasteiger partial charge in [0.15, 0.2) is 5.96 Å². The van der Waals surface area contributed by atoms with Crippen LogP contribution in [0.5, 0.6) is 0 Å². The maximum absolute atomic E-state index is 13.7. The monoisotopic (exact) mass is 398 g/mol. The largest absolute Gasteiger partial charge is 0.357 e. The van der Waals surface area contributed by atoms with Gasteiger partial charge >= 0.3 is 0 Å². The van der Waals surface area contributed by atoms with Crippen LogP contribution in [0.15, 0.2) is 53.5 Å². The van der Waals surface area contributed by atoms with Gasteiger partial charge in [0.05, 0.1) is 6.54 Å². The maximum Gasteiger partial charge on any atom is 0.253 e. The van der Waals surface area contributed by atoms with Crippen molar-refractivity contribution < 1.29 is 9.18 Å². The molecule has 1 amide bonds. The van der Waals surface area contributed by atoms with Crippen molar-refractivity contribution in [3.8, 4) is 0 Å². The molecule has 0 aliphatic heterocycles. The van der Waals surface area contributed by atoms with Crippen LogP contribution in [0.4, 0.5) is 4.39 Å². The summed E-state index contributed by atoms with van der Waals surface area (Å²) in [5.74, 6) is 0.552. The van der Waals surface area contributed by atoms with Gasteiger partial charge in [-0.1, -0.05) is 30.3 Å². The second-order valence-corrected chi connectivity index (χ2v) is 6.64. The van der Waals surface area contributed by atoms with Crippen LogP contribution in [0.3, 0.4) is 0 Å². The van der Waals surface area contributed by atoms with Crippen LogP contribution in [0.1, 0.15) is 42.3 Å². The average molecular weight is 399 g/mol. The Morgan fingerprint density at radius 2 is 1.69 bits per heavy atom.